The Hall–Kier alpha value is -3.75. The molecule has 1 heterocycles. The predicted molar refractivity (Wildman–Crippen MR) is 124 cm³/mol. The van der Waals surface area contributed by atoms with Crippen molar-refractivity contribution >= 4 is 11.8 Å². The largest absolute Gasteiger partial charge is 0.340 e. The minimum Gasteiger partial charge on any atom is -0.340 e. The summed E-state index contributed by atoms with van der Waals surface area (Å²) in [5.41, 5.74) is 1.96. The van der Waals surface area contributed by atoms with Crippen LogP contribution in [0.15, 0.2) is 48.5 Å². The van der Waals surface area contributed by atoms with Crippen LogP contribution in [0, 0.1) is 23.7 Å². The molecule has 2 amide bonds. The zero-order valence-electron chi connectivity index (χ0n) is 18.7. The van der Waals surface area contributed by atoms with Gasteiger partial charge in [-0.05, 0) is 67.8 Å². The molecule has 2 aliphatic rings. The highest BCUT2D eigenvalue weighted by Crippen LogP contribution is 2.40. The molecule has 174 valence electrons. The first-order valence-corrected chi connectivity index (χ1v) is 11.4. The van der Waals surface area contributed by atoms with Crippen molar-refractivity contribution in [2.75, 3.05) is 19.6 Å². The maximum atomic E-state index is 13.1. The van der Waals surface area contributed by atoms with Crippen LogP contribution in [0.5, 0.6) is 0 Å². The zero-order valence-corrected chi connectivity index (χ0v) is 18.7. The van der Waals surface area contributed by atoms with Gasteiger partial charge in [-0.25, -0.2) is 11.0 Å². The average Bonchev–Trinajstić information content (AvgIpc) is 3.60. The van der Waals surface area contributed by atoms with E-state index < -0.39 is 6.04 Å². The molecule has 0 unspecified atom stereocenters. The number of carbonyl (C=O) groups excluding carboxylic acids is 2. The standard InChI is InChI=1S/C26H26FN5O2/c1-29-21-15-32(16-21)26(34)23(31-25(33)19-6-4-17(14-28)5-7-19)3-2-12-30-24-13-22(24)18-8-10-20(27)11-9-18/h4-11,21-24,30H,2-3,12-13,15-16H2,(H,31,33)/t22-,23-,24+/m0/s1. The molecule has 4 rings (SSSR count). The van der Waals surface area contributed by atoms with Crippen LogP contribution in [0.25, 0.3) is 4.85 Å². The fraction of sp³-hybridized carbons (Fsp3) is 0.385. The van der Waals surface area contributed by atoms with Crippen LogP contribution in [0.3, 0.4) is 0 Å². The van der Waals surface area contributed by atoms with Crippen LogP contribution in [0.1, 0.15) is 46.7 Å². The Labute approximate surface area is 198 Å². The third-order valence-corrected chi connectivity index (χ3v) is 6.40. The third kappa shape index (κ3) is 5.59. The van der Waals surface area contributed by atoms with Crippen molar-refractivity contribution in [1.82, 2.24) is 15.5 Å². The number of amides is 2. The number of nitrogens with one attached hydrogen (secondary N) is 2. The lowest BCUT2D eigenvalue weighted by Crippen LogP contribution is -2.58. The van der Waals surface area contributed by atoms with Gasteiger partial charge < -0.3 is 20.4 Å². The molecular formula is C26H26FN5O2. The van der Waals surface area contributed by atoms with E-state index in [-0.39, 0.29) is 23.7 Å². The van der Waals surface area contributed by atoms with Gasteiger partial charge in [0, 0.05) is 17.5 Å². The number of hydrogen-bond acceptors (Lipinski definition) is 4. The van der Waals surface area contributed by atoms with Crippen LogP contribution < -0.4 is 10.6 Å². The minimum absolute atomic E-state index is 0.168. The summed E-state index contributed by atoms with van der Waals surface area (Å²) in [6.45, 7) is 8.58. The molecule has 0 bridgehead atoms. The van der Waals surface area contributed by atoms with Crippen LogP contribution in [0.4, 0.5) is 4.39 Å². The molecule has 2 aromatic rings. The minimum atomic E-state index is -0.677. The topological polar surface area (TPSA) is 89.6 Å². The summed E-state index contributed by atoms with van der Waals surface area (Å²) in [4.78, 5) is 30.8. The molecule has 0 radical (unpaired) electrons. The number of halogens is 1. The molecule has 1 aliphatic carbocycles. The van der Waals surface area contributed by atoms with Gasteiger partial charge >= 0.3 is 0 Å². The highest BCUT2D eigenvalue weighted by Gasteiger charge is 2.39. The SMILES string of the molecule is [C-]#[N+]C1CN(C(=O)[C@H](CCCN[C@@H]2C[C@H]2c2ccc(F)cc2)NC(=O)c2ccc(C#N)cc2)C1. The Morgan fingerprint density at radius 1 is 1.18 bits per heavy atom. The Bertz CT molecular complexity index is 1110. The average molecular weight is 460 g/mol. The van der Waals surface area contributed by atoms with Crippen molar-refractivity contribution < 1.29 is 14.0 Å². The van der Waals surface area contributed by atoms with Crippen molar-refractivity contribution in [2.45, 2.75) is 43.3 Å². The molecule has 2 N–H and O–H groups in total. The van der Waals surface area contributed by atoms with Gasteiger partial charge in [-0.15, -0.1) is 0 Å². The molecule has 3 atom stereocenters. The van der Waals surface area contributed by atoms with E-state index in [0.717, 1.165) is 12.0 Å². The molecule has 0 spiro atoms. The summed E-state index contributed by atoms with van der Waals surface area (Å²) in [6.07, 6.45) is 2.16. The monoisotopic (exact) mass is 459 g/mol. The summed E-state index contributed by atoms with van der Waals surface area (Å²) >= 11 is 0. The summed E-state index contributed by atoms with van der Waals surface area (Å²) < 4.78 is 13.1. The van der Waals surface area contributed by atoms with E-state index in [1.807, 2.05) is 18.2 Å². The Morgan fingerprint density at radius 3 is 2.53 bits per heavy atom. The molecule has 7 nitrogen and oxygen atoms in total. The fourth-order valence-electron chi connectivity index (χ4n) is 4.23. The lowest BCUT2D eigenvalue weighted by atomic mass is 10.0. The molecule has 8 heteroatoms. The second-order valence-electron chi connectivity index (χ2n) is 8.84. The molecular weight excluding hydrogens is 433 g/mol. The third-order valence-electron chi connectivity index (χ3n) is 6.40. The molecule has 2 aromatic carbocycles. The predicted octanol–water partition coefficient (Wildman–Crippen LogP) is 2.85. The molecule has 0 aromatic heterocycles. The molecule has 1 saturated heterocycles. The summed E-state index contributed by atoms with van der Waals surface area (Å²) in [5.74, 6) is -0.396. The first-order chi connectivity index (χ1) is 16.5. The maximum Gasteiger partial charge on any atom is 0.258 e. The van der Waals surface area contributed by atoms with Gasteiger partial charge in [-0.2, -0.15) is 5.26 Å². The van der Waals surface area contributed by atoms with Gasteiger partial charge in [0.15, 0.2) is 0 Å². The van der Waals surface area contributed by atoms with E-state index in [9.17, 15) is 14.0 Å². The smallest absolute Gasteiger partial charge is 0.258 e. The van der Waals surface area contributed by atoms with E-state index in [1.54, 1.807) is 29.2 Å². The van der Waals surface area contributed by atoms with E-state index in [2.05, 4.69) is 15.5 Å². The van der Waals surface area contributed by atoms with Gasteiger partial charge in [-0.1, -0.05) is 12.1 Å². The first kappa shape index (κ1) is 23.4. The summed E-state index contributed by atoms with van der Waals surface area (Å²) in [5, 5.41) is 15.3. The molecule has 1 aliphatic heterocycles. The van der Waals surface area contributed by atoms with E-state index in [4.69, 9.17) is 11.8 Å². The maximum absolute atomic E-state index is 13.1. The van der Waals surface area contributed by atoms with Crippen molar-refractivity contribution in [3.8, 4) is 6.07 Å². The van der Waals surface area contributed by atoms with Crippen molar-refractivity contribution in [1.29, 1.82) is 5.26 Å². The summed E-state index contributed by atoms with van der Waals surface area (Å²) in [6, 6.07) is 14.4. The van der Waals surface area contributed by atoms with Crippen molar-refractivity contribution in [3.63, 3.8) is 0 Å². The number of nitriles is 1. The van der Waals surface area contributed by atoms with Gasteiger partial charge in [0.2, 0.25) is 5.91 Å². The second-order valence-corrected chi connectivity index (χ2v) is 8.84. The summed E-state index contributed by atoms with van der Waals surface area (Å²) in [7, 11) is 0. The highest BCUT2D eigenvalue weighted by molar-refractivity contribution is 5.97. The van der Waals surface area contributed by atoms with Crippen LogP contribution in [-0.4, -0.2) is 54.5 Å². The van der Waals surface area contributed by atoms with E-state index in [0.29, 0.717) is 55.6 Å². The van der Waals surface area contributed by atoms with Crippen LogP contribution in [0.2, 0.25) is 0 Å². The Kier molecular flexibility index (Phi) is 7.20. The lowest BCUT2D eigenvalue weighted by molar-refractivity contribution is -0.137. The van der Waals surface area contributed by atoms with Gasteiger partial charge in [0.1, 0.15) is 11.9 Å². The second kappa shape index (κ2) is 10.5. The van der Waals surface area contributed by atoms with Crippen molar-refractivity contribution in [2.24, 2.45) is 0 Å². The lowest BCUT2D eigenvalue weighted by Gasteiger charge is -2.34. The normalized spacial score (nSPS) is 19.9. The first-order valence-electron chi connectivity index (χ1n) is 11.4. The molecule has 34 heavy (non-hydrogen) atoms. The molecule has 2 fully saturated rings. The van der Waals surface area contributed by atoms with Gasteiger partial charge in [0.25, 0.3) is 11.9 Å². The zero-order chi connectivity index (χ0) is 24.1. The Morgan fingerprint density at radius 2 is 1.88 bits per heavy atom. The number of carbonyl (C=O) groups is 2. The number of nitrogens with zero attached hydrogens (tertiary/aromatic N) is 3. The van der Waals surface area contributed by atoms with Gasteiger partial charge in [0.05, 0.1) is 24.7 Å². The van der Waals surface area contributed by atoms with E-state index >= 15 is 0 Å². The van der Waals surface area contributed by atoms with Gasteiger partial charge in [-0.3, -0.25) is 9.59 Å². The Balaban J connectivity index is 1.29. The number of rotatable bonds is 9. The highest BCUT2D eigenvalue weighted by atomic mass is 19.1. The number of likely N-dealkylation sites (tertiary alicyclic amines) is 1. The number of benzene rings is 2. The fourth-order valence-corrected chi connectivity index (χ4v) is 4.23. The van der Waals surface area contributed by atoms with E-state index in [1.165, 1.54) is 12.1 Å². The number of hydrogen-bond donors (Lipinski definition) is 2. The van der Waals surface area contributed by atoms with Crippen LogP contribution >= 0.6 is 0 Å². The van der Waals surface area contributed by atoms with Crippen molar-refractivity contribution in [3.05, 3.63) is 82.5 Å². The molecule has 1 saturated carbocycles. The van der Waals surface area contributed by atoms with Crippen LogP contribution in [-0.2, 0) is 4.79 Å². The quantitative estimate of drug-likeness (QED) is 0.446.